The molecule has 0 spiro atoms. The first kappa shape index (κ1) is 17.1. The van der Waals surface area contributed by atoms with E-state index in [4.69, 9.17) is 4.74 Å². The molecule has 0 fully saturated rings. The molecule has 0 atom stereocenters. The van der Waals surface area contributed by atoms with Crippen LogP contribution in [0.3, 0.4) is 0 Å². The molecule has 1 amide bonds. The number of methoxy groups -OCH3 is 1. The van der Waals surface area contributed by atoms with Crippen LogP contribution in [0.15, 0.2) is 48.5 Å². The zero-order valence-electron chi connectivity index (χ0n) is 13.2. The first-order chi connectivity index (χ1) is 11.1. The maximum absolute atomic E-state index is 12.1. The number of carbonyl (C=O) groups excluding carboxylic acids is 2. The van der Waals surface area contributed by atoms with Crippen LogP contribution in [0.5, 0.6) is 0 Å². The van der Waals surface area contributed by atoms with Gasteiger partial charge in [-0.15, -0.1) is 11.8 Å². The number of ether oxygens (including phenoxy) is 1. The number of carbonyl (C=O) groups is 2. The number of thioether (sulfide) groups is 1. The molecule has 2 aromatic rings. The van der Waals surface area contributed by atoms with Gasteiger partial charge >= 0.3 is 5.97 Å². The molecular formula is C18H19NO3S. The highest BCUT2D eigenvalue weighted by molar-refractivity contribution is 7.99. The summed E-state index contributed by atoms with van der Waals surface area (Å²) in [5.41, 5.74) is 3.27. The molecule has 0 aliphatic heterocycles. The Bertz CT molecular complexity index is 700. The van der Waals surface area contributed by atoms with E-state index in [1.165, 1.54) is 30.0 Å². The van der Waals surface area contributed by atoms with Crippen LogP contribution in [0.4, 0.5) is 5.69 Å². The number of aryl methyl sites for hydroxylation is 1. The van der Waals surface area contributed by atoms with Gasteiger partial charge in [-0.3, -0.25) is 4.79 Å². The molecule has 120 valence electrons. The predicted octanol–water partition coefficient (Wildman–Crippen LogP) is 3.65. The minimum Gasteiger partial charge on any atom is -0.465 e. The Morgan fingerprint density at radius 3 is 2.52 bits per heavy atom. The zero-order chi connectivity index (χ0) is 16.7. The summed E-state index contributed by atoms with van der Waals surface area (Å²) >= 11 is 1.54. The van der Waals surface area contributed by atoms with E-state index >= 15 is 0 Å². The highest BCUT2D eigenvalue weighted by Crippen LogP contribution is 2.18. The van der Waals surface area contributed by atoms with Gasteiger partial charge in [0.2, 0.25) is 5.91 Å². The van der Waals surface area contributed by atoms with Crippen molar-refractivity contribution in [3.8, 4) is 0 Å². The van der Waals surface area contributed by atoms with Crippen LogP contribution >= 0.6 is 11.8 Å². The molecular weight excluding hydrogens is 310 g/mol. The Balaban J connectivity index is 1.91. The lowest BCUT2D eigenvalue weighted by atomic mass is 10.1. The lowest BCUT2D eigenvalue weighted by molar-refractivity contribution is -0.113. The van der Waals surface area contributed by atoms with E-state index in [2.05, 4.69) is 24.4 Å². The molecule has 0 aromatic heterocycles. The van der Waals surface area contributed by atoms with Crippen LogP contribution in [0, 0.1) is 6.92 Å². The molecule has 1 N–H and O–H groups in total. The molecule has 0 aliphatic rings. The topological polar surface area (TPSA) is 55.4 Å². The number of anilines is 1. The number of rotatable bonds is 6. The van der Waals surface area contributed by atoms with Crippen LogP contribution < -0.4 is 5.32 Å². The van der Waals surface area contributed by atoms with Crippen molar-refractivity contribution in [3.05, 3.63) is 65.2 Å². The molecule has 0 saturated carbocycles. The molecule has 4 nitrogen and oxygen atoms in total. The molecule has 2 rings (SSSR count). The third kappa shape index (κ3) is 4.86. The molecule has 0 heterocycles. The van der Waals surface area contributed by atoms with Crippen LogP contribution in [0.1, 0.15) is 21.5 Å². The summed E-state index contributed by atoms with van der Waals surface area (Å²) in [6, 6.07) is 14.9. The highest BCUT2D eigenvalue weighted by atomic mass is 32.2. The van der Waals surface area contributed by atoms with Gasteiger partial charge < -0.3 is 10.1 Å². The SMILES string of the molecule is COC(=O)c1ccccc1NC(=O)CSCc1ccccc1C. The summed E-state index contributed by atoms with van der Waals surface area (Å²) in [7, 11) is 1.32. The summed E-state index contributed by atoms with van der Waals surface area (Å²) < 4.78 is 4.72. The lowest BCUT2D eigenvalue weighted by Gasteiger charge is -2.10. The Labute approximate surface area is 140 Å². The second kappa shape index (κ2) is 8.39. The van der Waals surface area contributed by atoms with Gasteiger partial charge in [0.15, 0.2) is 0 Å². The summed E-state index contributed by atoms with van der Waals surface area (Å²) in [5, 5.41) is 2.77. The fourth-order valence-electron chi connectivity index (χ4n) is 2.09. The van der Waals surface area contributed by atoms with Gasteiger partial charge in [-0.05, 0) is 30.2 Å². The van der Waals surface area contributed by atoms with E-state index < -0.39 is 5.97 Å². The van der Waals surface area contributed by atoms with Crippen molar-refractivity contribution in [2.45, 2.75) is 12.7 Å². The molecule has 0 bridgehead atoms. The first-order valence-corrected chi connectivity index (χ1v) is 8.36. The van der Waals surface area contributed by atoms with Crippen molar-refractivity contribution in [2.75, 3.05) is 18.2 Å². The second-order valence-corrected chi connectivity index (χ2v) is 5.99. The Hall–Kier alpha value is -2.27. The number of nitrogens with one attached hydrogen (secondary N) is 1. The number of hydrogen-bond donors (Lipinski definition) is 1. The quantitative estimate of drug-likeness (QED) is 0.822. The maximum Gasteiger partial charge on any atom is 0.339 e. The predicted molar refractivity (Wildman–Crippen MR) is 93.8 cm³/mol. The minimum atomic E-state index is -0.464. The summed E-state index contributed by atoms with van der Waals surface area (Å²) in [6.45, 7) is 2.06. The average molecular weight is 329 g/mol. The number of hydrogen-bond acceptors (Lipinski definition) is 4. The van der Waals surface area contributed by atoms with E-state index in [0.717, 1.165) is 5.75 Å². The summed E-state index contributed by atoms with van der Waals surface area (Å²) in [6.07, 6.45) is 0. The number of esters is 1. The third-order valence-electron chi connectivity index (χ3n) is 3.36. The van der Waals surface area contributed by atoms with E-state index in [-0.39, 0.29) is 5.91 Å². The molecule has 0 radical (unpaired) electrons. The molecule has 2 aromatic carbocycles. The van der Waals surface area contributed by atoms with Gasteiger partial charge in [0, 0.05) is 5.75 Å². The first-order valence-electron chi connectivity index (χ1n) is 7.21. The molecule has 0 unspecified atom stereocenters. The van der Waals surface area contributed by atoms with Gasteiger partial charge in [0.05, 0.1) is 24.1 Å². The van der Waals surface area contributed by atoms with Gasteiger partial charge in [-0.1, -0.05) is 36.4 Å². The largest absolute Gasteiger partial charge is 0.465 e. The second-order valence-electron chi connectivity index (χ2n) is 5.00. The Morgan fingerprint density at radius 2 is 1.78 bits per heavy atom. The van der Waals surface area contributed by atoms with Crippen molar-refractivity contribution in [1.82, 2.24) is 0 Å². The Morgan fingerprint density at radius 1 is 1.09 bits per heavy atom. The number of amides is 1. The molecule has 0 saturated heterocycles. The highest BCUT2D eigenvalue weighted by Gasteiger charge is 2.13. The van der Waals surface area contributed by atoms with Crippen molar-refractivity contribution in [2.24, 2.45) is 0 Å². The van der Waals surface area contributed by atoms with Crippen molar-refractivity contribution < 1.29 is 14.3 Å². The summed E-state index contributed by atoms with van der Waals surface area (Å²) in [4.78, 5) is 23.7. The van der Waals surface area contributed by atoms with E-state index in [1.807, 2.05) is 12.1 Å². The van der Waals surface area contributed by atoms with Crippen LogP contribution in [-0.4, -0.2) is 24.7 Å². The normalized spacial score (nSPS) is 10.2. The third-order valence-corrected chi connectivity index (χ3v) is 4.34. The van der Waals surface area contributed by atoms with Crippen LogP contribution in [0.25, 0.3) is 0 Å². The average Bonchev–Trinajstić information content (AvgIpc) is 2.56. The fraction of sp³-hybridized carbons (Fsp3) is 0.222. The van der Waals surface area contributed by atoms with Gasteiger partial charge in [-0.25, -0.2) is 4.79 Å². The molecule has 0 aliphatic carbocycles. The van der Waals surface area contributed by atoms with Crippen molar-refractivity contribution in [3.63, 3.8) is 0 Å². The monoisotopic (exact) mass is 329 g/mol. The summed E-state index contributed by atoms with van der Waals surface area (Å²) in [5.74, 6) is 0.496. The van der Waals surface area contributed by atoms with Gasteiger partial charge in [0.25, 0.3) is 0 Å². The lowest BCUT2D eigenvalue weighted by Crippen LogP contribution is -2.17. The van der Waals surface area contributed by atoms with Crippen molar-refractivity contribution >= 4 is 29.3 Å². The zero-order valence-corrected chi connectivity index (χ0v) is 14.0. The molecule has 5 heteroatoms. The smallest absolute Gasteiger partial charge is 0.339 e. The van der Waals surface area contributed by atoms with E-state index in [9.17, 15) is 9.59 Å². The van der Waals surface area contributed by atoms with E-state index in [1.54, 1.807) is 24.3 Å². The van der Waals surface area contributed by atoms with Crippen molar-refractivity contribution in [1.29, 1.82) is 0 Å². The van der Waals surface area contributed by atoms with E-state index in [0.29, 0.717) is 17.0 Å². The molecule has 23 heavy (non-hydrogen) atoms. The Kier molecular flexibility index (Phi) is 6.23. The maximum atomic E-state index is 12.1. The number of para-hydroxylation sites is 1. The van der Waals surface area contributed by atoms with Gasteiger partial charge in [-0.2, -0.15) is 0 Å². The van der Waals surface area contributed by atoms with Crippen LogP contribution in [0.2, 0.25) is 0 Å². The van der Waals surface area contributed by atoms with Gasteiger partial charge in [0.1, 0.15) is 0 Å². The minimum absolute atomic E-state index is 0.139. The number of benzene rings is 2. The fourth-order valence-corrected chi connectivity index (χ4v) is 3.00. The van der Waals surface area contributed by atoms with Crippen LogP contribution in [-0.2, 0) is 15.3 Å². The standard InChI is InChI=1S/C18H19NO3S/c1-13-7-3-4-8-14(13)11-23-12-17(20)19-16-10-6-5-9-15(16)18(21)22-2/h3-10H,11-12H2,1-2H3,(H,19,20).